The number of rotatable bonds is 7. The molecule has 7 nitrogen and oxygen atoms in total. The largest absolute Gasteiger partial charge is 0.495 e. The van der Waals surface area contributed by atoms with Crippen LogP contribution < -0.4 is 15.4 Å². The molecule has 1 aromatic heterocycles. The van der Waals surface area contributed by atoms with Crippen LogP contribution in [-0.4, -0.2) is 37.4 Å². The summed E-state index contributed by atoms with van der Waals surface area (Å²) in [6, 6.07) is 13.9. The van der Waals surface area contributed by atoms with Crippen molar-refractivity contribution in [2.75, 3.05) is 25.6 Å². The molecule has 2 heterocycles. The van der Waals surface area contributed by atoms with E-state index in [9.17, 15) is 4.79 Å². The molecule has 7 heteroatoms. The molecule has 0 radical (unpaired) electrons. The Morgan fingerprint density at radius 2 is 2.00 bits per heavy atom. The maximum Gasteiger partial charge on any atom is 0.290 e. The lowest BCUT2D eigenvalue weighted by Gasteiger charge is -2.21. The topological polar surface area (TPSA) is 85.6 Å². The number of anilines is 2. The Bertz CT molecular complexity index is 1160. The van der Waals surface area contributed by atoms with Gasteiger partial charge in [-0.3, -0.25) is 4.79 Å². The standard InChI is InChI=1S/C27H33N3O4/c1-17-8-10-19(29-23-13-18(27(2,3)4)9-11-24(23)32-5)14-21(17)22-15-25(34-30-22)26(31)28-16-20-7-6-12-33-20/h8-11,13-15,20,29H,6-7,12,16H2,1-5H3,(H,28,31). The van der Waals surface area contributed by atoms with E-state index in [4.69, 9.17) is 14.0 Å². The number of aromatic nitrogens is 1. The highest BCUT2D eigenvalue weighted by Crippen LogP contribution is 2.35. The summed E-state index contributed by atoms with van der Waals surface area (Å²) in [4.78, 5) is 12.5. The first-order chi connectivity index (χ1) is 16.2. The van der Waals surface area contributed by atoms with Crippen molar-refractivity contribution in [1.82, 2.24) is 10.5 Å². The summed E-state index contributed by atoms with van der Waals surface area (Å²) < 4.78 is 16.5. The molecule has 1 saturated heterocycles. The van der Waals surface area contributed by atoms with Gasteiger partial charge in [-0.2, -0.15) is 0 Å². The summed E-state index contributed by atoms with van der Waals surface area (Å²) in [6.45, 7) is 9.78. The lowest BCUT2D eigenvalue weighted by atomic mass is 9.87. The van der Waals surface area contributed by atoms with E-state index in [0.29, 0.717) is 12.2 Å². The van der Waals surface area contributed by atoms with E-state index in [0.717, 1.165) is 47.7 Å². The maximum absolute atomic E-state index is 12.5. The van der Waals surface area contributed by atoms with E-state index in [-0.39, 0.29) is 23.2 Å². The van der Waals surface area contributed by atoms with Crippen LogP contribution in [0.4, 0.5) is 11.4 Å². The minimum atomic E-state index is -0.287. The number of benzene rings is 2. The summed E-state index contributed by atoms with van der Waals surface area (Å²) in [5, 5.41) is 10.5. The zero-order valence-corrected chi connectivity index (χ0v) is 20.5. The van der Waals surface area contributed by atoms with E-state index in [2.05, 4.69) is 48.7 Å². The Hall–Kier alpha value is -3.32. The second-order valence-electron chi connectivity index (χ2n) is 9.74. The van der Waals surface area contributed by atoms with Gasteiger partial charge in [-0.05, 0) is 60.6 Å². The molecule has 3 aromatic rings. The molecule has 1 unspecified atom stereocenters. The van der Waals surface area contributed by atoms with Crippen molar-refractivity contribution in [2.45, 2.75) is 52.1 Å². The van der Waals surface area contributed by atoms with Gasteiger partial charge in [0.05, 0.1) is 18.9 Å². The van der Waals surface area contributed by atoms with Crippen LogP contribution >= 0.6 is 0 Å². The smallest absolute Gasteiger partial charge is 0.290 e. The highest BCUT2D eigenvalue weighted by atomic mass is 16.5. The van der Waals surface area contributed by atoms with Crippen molar-refractivity contribution in [1.29, 1.82) is 0 Å². The molecular formula is C27H33N3O4. The van der Waals surface area contributed by atoms with E-state index >= 15 is 0 Å². The highest BCUT2D eigenvalue weighted by Gasteiger charge is 2.20. The van der Waals surface area contributed by atoms with Gasteiger partial charge >= 0.3 is 0 Å². The van der Waals surface area contributed by atoms with Gasteiger partial charge in [0, 0.05) is 30.5 Å². The third kappa shape index (κ3) is 5.42. The van der Waals surface area contributed by atoms with Crippen molar-refractivity contribution in [3.63, 3.8) is 0 Å². The third-order valence-electron chi connectivity index (χ3n) is 6.11. The predicted molar refractivity (Wildman–Crippen MR) is 133 cm³/mol. The molecule has 1 atom stereocenters. The fraction of sp³-hybridized carbons (Fsp3) is 0.407. The SMILES string of the molecule is COc1ccc(C(C)(C)C)cc1Nc1ccc(C)c(-c2cc(C(=O)NCC3CCCO3)on2)c1. The number of nitrogens with zero attached hydrogens (tertiary/aromatic N) is 1. The molecule has 2 aromatic carbocycles. The average molecular weight is 464 g/mol. The maximum atomic E-state index is 12.5. The first-order valence-corrected chi connectivity index (χ1v) is 11.7. The van der Waals surface area contributed by atoms with Crippen molar-refractivity contribution >= 4 is 17.3 Å². The van der Waals surface area contributed by atoms with Crippen LogP contribution in [0.1, 0.15) is 55.3 Å². The van der Waals surface area contributed by atoms with Gasteiger partial charge in [0.25, 0.3) is 5.91 Å². The van der Waals surface area contributed by atoms with Crippen molar-refractivity contribution in [2.24, 2.45) is 0 Å². The fourth-order valence-corrected chi connectivity index (χ4v) is 4.01. The van der Waals surface area contributed by atoms with Gasteiger partial charge in [0.15, 0.2) is 0 Å². The zero-order chi connectivity index (χ0) is 24.3. The first-order valence-electron chi connectivity index (χ1n) is 11.7. The van der Waals surface area contributed by atoms with Gasteiger partial charge < -0.3 is 24.6 Å². The normalized spacial score (nSPS) is 15.9. The molecule has 2 N–H and O–H groups in total. The molecule has 4 rings (SSSR count). The molecule has 0 spiro atoms. The van der Waals surface area contributed by atoms with Crippen LogP contribution in [0.5, 0.6) is 5.75 Å². The Labute approximate surface area is 200 Å². The number of amides is 1. The van der Waals surface area contributed by atoms with Gasteiger partial charge in [-0.1, -0.05) is 38.1 Å². The first kappa shape index (κ1) is 23.8. The summed E-state index contributed by atoms with van der Waals surface area (Å²) in [6.07, 6.45) is 2.07. The van der Waals surface area contributed by atoms with Crippen molar-refractivity contribution in [3.05, 3.63) is 59.4 Å². The van der Waals surface area contributed by atoms with Crippen LogP contribution in [-0.2, 0) is 10.2 Å². The van der Waals surface area contributed by atoms with E-state index in [1.54, 1.807) is 13.2 Å². The molecule has 180 valence electrons. The average Bonchev–Trinajstić information content (AvgIpc) is 3.50. The minimum absolute atomic E-state index is 0.0166. The number of hydrogen-bond acceptors (Lipinski definition) is 6. The molecule has 1 aliphatic rings. The summed E-state index contributed by atoms with van der Waals surface area (Å²) in [7, 11) is 1.67. The molecule has 1 aliphatic heterocycles. The van der Waals surface area contributed by atoms with Crippen molar-refractivity contribution in [3.8, 4) is 17.0 Å². The van der Waals surface area contributed by atoms with Gasteiger partial charge in [-0.15, -0.1) is 0 Å². The number of carbonyl (C=O) groups excluding carboxylic acids is 1. The highest BCUT2D eigenvalue weighted by molar-refractivity contribution is 5.92. The van der Waals surface area contributed by atoms with Gasteiger partial charge in [0.2, 0.25) is 5.76 Å². The molecular weight excluding hydrogens is 430 g/mol. The number of methoxy groups -OCH3 is 1. The lowest BCUT2D eigenvalue weighted by Crippen LogP contribution is -2.31. The Morgan fingerprint density at radius 1 is 1.18 bits per heavy atom. The summed E-state index contributed by atoms with van der Waals surface area (Å²) in [5.74, 6) is 0.664. The monoisotopic (exact) mass is 463 g/mol. The van der Waals surface area contributed by atoms with Crippen LogP contribution in [0, 0.1) is 6.92 Å². The summed E-state index contributed by atoms with van der Waals surface area (Å²) >= 11 is 0. The van der Waals surface area contributed by atoms with Gasteiger partial charge in [-0.25, -0.2) is 0 Å². The molecule has 0 aliphatic carbocycles. The molecule has 0 bridgehead atoms. The number of aryl methyl sites for hydroxylation is 1. The van der Waals surface area contributed by atoms with Crippen LogP contribution in [0.3, 0.4) is 0 Å². The number of carbonyl (C=O) groups is 1. The Kier molecular flexibility index (Phi) is 6.93. The van der Waals surface area contributed by atoms with Gasteiger partial charge in [0.1, 0.15) is 11.4 Å². The Morgan fingerprint density at radius 3 is 2.71 bits per heavy atom. The molecule has 0 saturated carbocycles. The molecule has 1 fully saturated rings. The van der Waals surface area contributed by atoms with Crippen LogP contribution in [0.25, 0.3) is 11.3 Å². The number of hydrogen-bond donors (Lipinski definition) is 2. The zero-order valence-electron chi connectivity index (χ0n) is 20.5. The lowest BCUT2D eigenvalue weighted by molar-refractivity contribution is 0.0828. The van der Waals surface area contributed by atoms with Crippen LogP contribution in [0.2, 0.25) is 0 Å². The van der Waals surface area contributed by atoms with Crippen LogP contribution in [0.15, 0.2) is 47.0 Å². The van der Waals surface area contributed by atoms with E-state index in [1.165, 1.54) is 5.56 Å². The molecule has 1 amide bonds. The minimum Gasteiger partial charge on any atom is -0.495 e. The molecule has 34 heavy (non-hydrogen) atoms. The van der Waals surface area contributed by atoms with Crippen molar-refractivity contribution < 1.29 is 18.8 Å². The second kappa shape index (κ2) is 9.89. The second-order valence-corrected chi connectivity index (χ2v) is 9.74. The van der Waals surface area contributed by atoms with E-state index < -0.39 is 0 Å². The van der Waals surface area contributed by atoms with E-state index in [1.807, 2.05) is 31.2 Å². The number of ether oxygens (including phenoxy) is 2. The third-order valence-corrected chi connectivity index (χ3v) is 6.11. The summed E-state index contributed by atoms with van der Waals surface area (Å²) in [5.41, 5.74) is 5.52. The fourth-order valence-electron chi connectivity index (χ4n) is 4.01. The Balaban J connectivity index is 1.54. The number of nitrogens with one attached hydrogen (secondary N) is 2. The quantitative estimate of drug-likeness (QED) is 0.474. The predicted octanol–water partition coefficient (Wildman–Crippen LogP) is 5.61.